The lowest BCUT2D eigenvalue weighted by Gasteiger charge is -2.28. The molecule has 0 radical (unpaired) electrons. The standard InChI is InChI=1S/C20H21N5O2S/c1-28-20-22-14-17(25(20)15-5-3-2-4-6-15)19(26)23-18-8-7-16(13-21-18)24-9-11-27-12-10-24/h2-8,13-14H,9-12H2,1H3,(H,21,23,26). The molecule has 0 spiro atoms. The average Bonchev–Trinajstić information content (AvgIpc) is 3.20. The van der Waals surface area contributed by atoms with Gasteiger partial charge in [0, 0.05) is 18.8 Å². The van der Waals surface area contributed by atoms with Gasteiger partial charge in [0.05, 0.1) is 31.3 Å². The number of anilines is 2. The van der Waals surface area contributed by atoms with Crippen LogP contribution in [0.1, 0.15) is 10.5 Å². The van der Waals surface area contributed by atoms with Crippen molar-refractivity contribution in [3.8, 4) is 5.69 Å². The number of ether oxygens (including phenoxy) is 1. The molecule has 3 heterocycles. The fourth-order valence-electron chi connectivity index (χ4n) is 3.11. The number of nitrogens with zero attached hydrogens (tertiary/aromatic N) is 4. The van der Waals surface area contributed by atoms with Crippen LogP contribution in [0, 0.1) is 0 Å². The molecule has 8 heteroatoms. The zero-order valence-electron chi connectivity index (χ0n) is 15.5. The van der Waals surface area contributed by atoms with E-state index < -0.39 is 0 Å². The smallest absolute Gasteiger partial charge is 0.275 e. The first kappa shape index (κ1) is 18.5. The van der Waals surface area contributed by atoms with Gasteiger partial charge in [-0.3, -0.25) is 9.36 Å². The molecule has 0 unspecified atom stereocenters. The molecule has 144 valence electrons. The van der Waals surface area contributed by atoms with Gasteiger partial charge >= 0.3 is 0 Å². The number of pyridine rings is 1. The highest BCUT2D eigenvalue weighted by Gasteiger charge is 2.18. The second-order valence-electron chi connectivity index (χ2n) is 6.26. The Balaban J connectivity index is 1.53. The predicted octanol–water partition coefficient (Wildman–Crippen LogP) is 3.08. The second kappa shape index (κ2) is 8.45. The maximum Gasteiger partial charge on any atom is 0.275 e. The Morgan fingerprint density at radius 3 is 2.50 bits per heavy atom. The van der Waals surface area contributed by atoms with Crippen LogP contribution in [0.2, 0.25) is 0 Å². The molecule has 4 rings (SSSR count). The number of rotatable bonds is 5. The Bertz CT molecular complexity index is 937. The van der Waals surface area contributed by atoms with Crippen molar-refractivity contribution in [1.29, 1.82) is 0 Å². The first-order valence-corrected chi connectivity index (χ1v) is 10.3. The van der Waals surface area contributed by atoms with Gasteiger partial charge in [0.15, 0.2) is 5.16 Å². The summed E-state index contributed by atoms with van der Waals surface area (Å²) in [5.74, 6) is 0.261. The summed E-state index contributed by atoms with van der Waals surface area (Å²) in [6, 6.07) is 13.5. The van der Waals surface area contributed by atoms with Crippen molar-refractivity contribution in [3.63, 3.8) is 0 Å². The van der Waals surface area contributed by atoms with Crippen LogP contribution in [-0.4, -0.2) is 53.0 Å². The molecular weight excluding hydrogens is 374 g/mol. The lowest BCUT2D eigenvalue weighted by Crippen LogP contribution is -2.36. The minimum absolute atomic E-state index is 0.247. The van der Waals surface area contributed by atoms with Gasteiger partial charge in [0.2, 0.25) is 0 Å². The van der Waals surface area contributed by atoms with Gasteiger partial charge in [-0.2, -0.15) is 0 Å². The largest absolute Gasteiger partial charge is 0.378 e. The molecule has 2 aromatic heterocycles. The number of benzene rings is 1. The molecule has 1 saturated heterocycles. The van der Waals surface area contributed by atoms with E-state index in [-0.39, 0.29) is 5.91 Å². The van der Waals surface area contributed by atoms with Crippen LogP contribution < -0.4 is 10.2 Å². The fourth-order valence-corrected chi connectivity index (χ4v) is 3.66. The number of thioether (sulfide) groups is 1. The maximum atomic E-state index is 12.9. The van der Waals surface area contributed by atoms with E-state index in [9.17, 15) is 4.79 Å². The quantitative estimate of drug-likeness (QED) is 0.670. The first-order chi connectivity index (χ1) is 13.8. The molecule has 0 bridgehead atoms. The van der Waals surface area contributed by atoms with Crippen LogP contribution in [0.15, 0.2) is 60.0 Å². The molecule has 3 aromatic rings. The Morgan fingerprint density at radius 1 is 1.04 bits per heavy atom. The molecule has 1 aliphatic rings. The molecule has 1 aromatic carbocycles. The minimum atomic E-state index is -0.247. The number of morpholine rings is 1. The van der Waals surface area contributed by atoms with Gasteiger partial charge in [-0.25, -0.2) is 9.97 Å². The summed E-state index contributed by atoms with van der Waals surface area (Å²) in [7, 11) is 0. The normalized spacial score (nSPS) is 14.1. The SMILES string of the molecule is CSc1ncc(C(=O)Nc2ccc(N3CCOCC3)cn2)n1-c1ccccc1. The number of aromatic nitrogens is 3. The van der Waals surface area contributed by atoms with Crippen molar-refractivity contribution in [1.82, 2.24) is 14.5 Å². The number of para-hydroxylation sites is 1. The van der Waals surface area contributed by atoms with E-state index in [0.717, 1.165) is 42.8 Å². The van der Waals surface area contributed by atoms with Crippen LogP contribution in [-0.2, 0) is 4.74 Å². The third-order valence-corrected chi connectivity index (χ3v) is 5.18. The van der Waals surface area contributed by atoms with Crippen LogP contribution in [0.5, 0.6) is 0 Å². The van der Waals surface area contributed by atoms with Crippen LogP contribution in [0.4, 0.5) is 11.5 Å². The van der Waals surface area contributed by atoms with Crippen LogP contribution >= 0.6 is 11.8 Å². The topological polar surface area (TPSA) is 72.3 Å². The number of carbonyl (C=O) groups excluding carboxylic acids is 1. The maximum absolute atomic E-state index is 12.9. The minimum Gasteiger partial charge on any atom is -0.378 e. The number of amides is 1. The third-order valence-electron chi connectivity index (χ3n) is 4.52. The highest BCUT2D eigenvalue weighted by Crippen LogP contribution is 2.23. The van der Waals surface area contributed by atoms with Crippen molar-refractivity contribution in [2.24, 2.45) is 0 Å². The van der Waals surface area contributed by atoms with Crippen molar-refractivity contribution in [3.05, 3.63) is 60.6 Å². The molecule has 0 aliphatic carbocycles. The van der Waals surface area contributed by atoms with Gasteiger partial charge in [0.1, 0.15) is 11.5 Å². The van der Waals surface area contributed by atoms with Crippen molar-refractivity contribution in [2.75, 3.05) is 42.8 Å². The Kier molecular flexibility index (Phi) is 5.59. The van der Waals surface area contributed by atoms with Crippen molar-refractivity contribution >= 4 is 29.2 Å². The van der Waals surface area contributed by atoms with Gasteiger partial charge in [-0.1, -0.05) is 30.0 Å². The number of nitrogens with one attached hydrogen (secondary N) is 1. The summed E-state index contributed by atoms with van der Waals surface area (Å²) in [5, 5.41) is 3.63. The molecule has 1 fully saturated rings. The van der Waals surface area contributed by atoms with E-state index in [1.165, 1.54) is 11.8 Å². The van der Waals surface area contributed by atoms with E-state index in [1.807, 2.05) is 53.3 Å². The highest BCUT2D eigenvalue weighted by molar-refractivity contribution is 7.98. The van der Waals surface area contributed by atoms with E-state index in [1.54, 1.807) is 12.4 Å². The van der Waals surface area contributed by atoms with E-state index in [0.29, 0.717) is 11.5 Å². The van der Waals surface area contributed by atoms with Crippen molar-refractivity contribution in [2.45, 2.75) is 5.16 Å². The summed E-state index contributed by atoms with van der Waals surface area (Å²) >= 11 is 1.49. The molecule has 1 N–H and O–H groups in total. The van der Waals surface area contributed by atoms with Crippen LogP contribution in [0.3, 0.4) is 0 Å². The zero-order valence-corrected chi connectivity index (χ0v) is 16.4. The van der Waals surface area contributed by atoms with Gasteiger partial charge in [-0.15, -0.1) is 0 Å². The summed E-state index contributed by atoms with van der Waals surface area (Å²) < 4.78 is 7.23. The fraction of sp³-hybridized carbons (Fsp3) is 0.250. The Hall–Kier alpha value is -2.84. The van der Waals surface area contributed by atoms with Crippen LogP contribution in [0.25, 0.3) is 5.69 Å². The van der Waals surface area contributed by atoms with E-state index >= 15 is 0 Å². The highest BCUT2D eigenvalue weighted by atomic mass is 32.2. The average molecular weight is 395 g/mol. The third kappa shape index (κ3) is 3.88. The summed E-state index contributed by atoms with van der Waals surface area (Å²) in [6.45, 7) is 3.14. The number of carbonyl (C=O) groups is 1. The molecule has 1 amide bonds. The summed E-state index contributed by atoms with van der Waals surface area (Å²) in [6.07, 6.45) is 5.31. The second-order valence-corrected chi connectivity index (χ2v) is 7.03. The van der Waals surface area contributed by atoms with Gasteiger partial charge in [0.25, 0.3) is 5.91 Å². The van der Waals surface area contributed by atoms with Gasteiger partial charge < -0.3 is 15.0 Å². The number of imidazole rings is 1. The molecule has 7 nitrogen and oxygen atoms in total. The summed E-state index contributed by atoms with van der Waals surface area (Å²) in [5.41, 5.74) is 2.39. The van der Waals surface area contributed by atoms with E-state index in [2.05, 4.69) is 20.2 Å². The van der Waals surface area contributed by atoms with E-state index in [4.69, 9.17) is 4.74 Å². The molecular formula is C20H21N5O2S. The molecule has 28 heavy (non-hydrogen) atoms. The first-order valence-electron chi connectivity index (χ1n) is 9.03. The number of hydrogen-bond donors (Lipinski definition) is 1. The predicted molar refractivity (Wildman–Crippen MR) is 111 cm³/mol. The molecule has 0 atom stereocenters. The lowest BCUT2D eigenvalue weighted by molar-refractivity contribution is 0.101. The zero-order chi connectivity index (χ0) is 19.3. The Labute approximate surface area is 167 Å². The van der Waals surface area contributed by atoms with Crippen molar-refractivity contribution < 1.29 is 9.53 Å². The Morgan fingerprint density at radius 2 is 1.82 bits per heavy atom. The lowest BCUT2D eigenvalue weighted by atomic mass is 10.3. The van der Waals surface area contributed by atoms with Gasteiger partial charge in [-0.05, 0) is 30.5 Å². The number of hydrogen-bond acceptors (Lipinski definition) is 6. The molecule has 0 saturated carbocycles. The monoisotopic (exact) mass is 395 g/mol. The summed E-state index contributed by atoms with van der Waals surface area (Å²) in [4.78, 5) is 23.9. The molecule has 1 aliphatic heterocycles.